The summed E-state index contributed by atoms with van der Waals surface area (Å²) in [7, 11) is 0. The molecule has 110 valence electrons. The summed E-state index contributed by atoms with van der Waals surface area (Å²) in [5.74, 6) is 0.181. The minimum absolute atomic E-state index is 0.0162. The molecule has 1 aromatic heterocycles. The molecule has 0 aromatic carbocycles. The first-order valence-corrected chi connectivity index (χ1v) is 6.67. The summed E-state index contributed by atoms with van der Waals surface area (Å²) in [5, 5.41) is 8.92. The van der Waals surface area contributed by atoms with Crippen LogP contribution in [0.2, 0.25) is 0 Å². The Morgan fingerprint density at radius 1 is 1.55 bits per heavy atom. The number of anilines is 1. The number of hydrogen-bond acceptors (Lipinski definition) is 6. The number of aliphatic hydroxyl groups excluding tert-OH is 1. The fourth-order valence-electron chi connectivity index (χ4n) is 2.27. The maximum Gasteiger partial charge on any atom is 0.351 e. The summed E-state index contributed by atoms with van der Waals surface area (Å²) < 4.78 is 7.19. The smallest absolute Gasteiger partial charge is 0.351 e. The molecular formula is C13H20N4O3. The van der Waals surface area contributed by atoms with Gasteiger partial charge in [-0.3, -0.25) is 4.57 Å². The zero-order valence-electron chi connectivity index (χ0n) is 11.2. The number of nitrogens with zero attached hydrogens (tertiary/aromatic N) is 2. The minimum Gasteiger partial charge on any atom is -0.396 e. The third-order valence-electron chi connectivity index (χ3n) is 3.29. The Bertz CT molecular complexity index is 541. The number of aliphatic hydroxyl groups is 1. The van der Waals surface area contributed by atoms with Gasteiger partial charge in [-0.25, -0.2) is 4.79 Å². The molecule has 7 heteroatoms. The van der Waals surface area contributed by atoms with Gasteiger partial charge in [-0.2, -0.15) is 4.98 Å². The second kappa shape index (κ2) is 6.65. The van der Waals surface area contributed by atoms with E-state index in [4.69, 9.17) is 21.3 Å². The van der Waals surface area contributed by atoms with Gasteiger partial charge in [0.1, 0.15) is 12.0 Å². The maximum atomic E-state index is 11.9. The largest absolute Gasteiger partial charge is 0.396 e. The molecule has 2 atom stereocenters. The molecule has 7 nitrogen and oxygen atoms in total. The third-order valence-corrected chi connectivity index (χ3v) is 3.29. The first-order chi connectivity index (χ1) is 9.65. The predicted octanol–water partition coefficient (Wildman–Crippen LogP) is -0.143. The van der Waals surface area contributed by atoms with E-state index in [0.29, 0.717) is 18.5 Å². The summed E-state index contributed by atoms with van der Waals surface area (Å²) in [6.07, 6.45) is 6.86. The van der Waals surface area contributed by atoms with Gasteiger partial charge in [-0.05, 0) is 19.3 Å². The quantitative estimate of drug-likeness (QED) is 0.691. The Kier molecular flexibility index (Phi) is 4.89. The SMILES string of the molecule is NC/C=C/c1cn(C2CC[C@@H](CCO)O2)c(=O)nc1N. The zero-order valence-corrected chi connectivity index (χ0v) is 11.2. The minimum atomic E-state index is -0.429. The van der Waals surface area contributed by atoms with Gasteiger partial charge in [-0.1, -0.05) is 12.2 Å². The van der Waals surface area contributed by atoms with Gasteiger partial charge in [-0.15, -0.1) is 0 Å². The van der Waals surface area contributed by atoms with Crippen LogP contribution >= 0.6 is 0 Å². The first kappa shape index (κ1) is 14.7. The molecule has 2 heterocycles. The van der Waals surface area contributed by atoms with Crippen LogP contribution in [-0.4, -0.2) is 33.9 Å². The average Bonchev–Trinajstić information content (AvgIpc) is 2.87. The molecule has 0 amide bonds. The van der Waals surface area contributed by atoms with Crippen LogP contribution in [0.5, 0.6) is 0 Å². The third kappa shape index (κ3) is 3.24. The van der Waals surface area contributed by atoms with E-state index in [1.165, 1.54) is 4.57 Å². The molecule has 1 aliphatic rings. The van der Waals surface area contributed by atoms with E-state index in [0.717, 1.165) is 12.8 Å². The van der Waals surface area contributed by atoms with Crippen molar-refractivity contribution in [3.63, 3.8) is 0 Å². The normalized spacial score (nSPS) is 22.7. The van der Waals surface area contributed by atoms with Gasteiger partial charge >= 0.3 is 5.69 Å². The fraction of sp³-hybridized carbons (Fsp3) is 0.538. The van der Waals surface area contributed by atoms with Crippen molar-refractivity contribution < 1.29 is 9.84 Å². The van der Waals surface area contributed by atoms with Crippen LogP contribution in [0.4, 0.5) is 5.82 Å². The van der Waals surface area contributed by atoms with E-state index in [9.17, 15) is 4.79 Å². The number of nitrogens with two attached hydrogens (primary N) is 2. The van der Waals surface area contributed by atoms with Crippen molar-refractivity contribution in [3.05, 3.63) is 28.3 Å². The lowest BCUT2D eigenvalue weighted by Crippen LogP contribution is -2.28. The Labute approximate surface area is 116 Å². The zero-order chi connectivity index (χ0) is 14.5. The lowest BCUT2D eigenvalue weighted by molar-refractivity contribution is -0.0102. The van der Waals surface area contributed by atoms with E-state index in [2.05, 4.69) is 4.98 Å². The highest BCUT2D eigenvalue weighted by Crippen LogP contribution is 2.29. The average molecular weight is 280 g/mol. The highest BCUT2D eigenvalue weighted by Gasteiger charge is 2.27. The number of ether oxygens (including phenoxy) is 1. The number of rotatable bonds is 5. The highest BCUT2D eigenvalue weighted by atomic mass is 16.5. The Morgan fingerprint density at radius 3 is 3.05 bits per heavy atom. The molecule has 1 unspecified atom stereocenters. The number of hydrogen-bond donors (Lipinski definition) is 3. The molecule has 1 aliphatic heterocycles. The monoisotopic (exact) mass is 280 g/mol. The summed E-state index contributed by atoms with van der Waals surface area (Å²) in [4.78, 5) is 15.7. The van der Waals surface area contributed by atoms with E-state index < -0.39 is 5.69 Å². The Hall–Kier alpha value is -1.70. The van der Waals surface area contributed by atoms with Crippen molar-refractivity contribution in [3.8, 4) is 0 Å². The summed E-state index contributed by atoms with van der Waals surface area (Å²) in [6.45, 7) is 0.466. The topological polar surface area (TPSA) is 116 Å². The molecule has 2 rings (SSSR count). The van der Waals surface area contributed by atoms with E-state index >= 15 is 0 Å². The lowest BCUT2D eigenvalue weighted by atomic mass is 10.2. The van der Waals surface area contributed by atoms with Crippen LogP contribution in [0.3, 0.4) is 0 Å². The van der Waals surface area contributed by atoms with Gasteiger partial charge in [0.2, 0.25) is 0 Å². The van der Waals surface area contributed by atoms with Crippen LogP contribution in [-0.2, 0) is 4.74 Å². The summed E-state index contributed by atoms with van der Waals surface area (Å²) in [5.41, 5.74) is 11.3. The molecule has 0 spiro atoms. The van der Waals surface area contributed by atoms with Crippen LogP contribution in [0.1, 0.15) is 31.1 Å². The molecule has 1 aromatic rings. The summed E-state index contributed by atoms with van der Waals surface area (Å²) in [6, 6.07) is 0. The van der Waals surface area contributed by atoms with Gasteiger partial charge in [0, 0.05) is 24.9 Å². The van der Waals surface area contributed by atoms with Gasteiger partial charge < -0.3 is 21.3 Å². The second-order valence-electron chi connectivity index (χ2n) is 4.71. The van der Waals surface area contributed by atoms with Crippen molar-refractivity contribution >= 4 is 11.9 Å². The predicted molar refractivity (Wildman–Crippen MR) is 75.8 cm³/mol. The molecule has 5 N–H and O–H groups in total. The van der Waals surface area contributed by atoms with Crippen molar-refractivity contribution in [2.75, 3.05) is 18.9 Å². The van der Waals surface area contributed by atoms with Gasteiger partial charge in [0.15, 0.2) is 0 Å². The van der Waals surface area contributed by atoms with Crippen molar-refractivity contribution in [2.45, 2.75) is 31.6 Å². The van der Waals surface area contributed by atoms with Crippen LogP contribution in [0, 0.1) is 0 Å². The number of aromatic nitrogens is 2. The maximum absolute atomic E-state index is 11.9. The van der Waals surface area contributed by atoms with E-state index in [1.807, 2.05) is 0 Å². The van der Waals surface area contributed by atoms with Crippen molar-refractivity contribution in [2.24, 2.45) is 5.73 Å². The van der Waals surface area contributed by atoms with Crippen LogP contribution in [0.25, 0.3) is 6.08 Å². The second-order valence-corrected chi connectivity index (χ2v) is 4.71. The van der Waals surface area contributed by atoms with Crippen molar-refractivity contribution in [1.82, 2.24) is 9.55 Å². The van der Waals surface area contributed by atoms with Gasteiger partial charge in [0.05, 0.1) is 6.10 Å². The molecule has 1 fully saturated rings. The van der Waals surface area contributed by atoms with E-state index in [1.54, 1.807) is 18.3 Å². The van der Waals surface area contributed by atoms with Crippen LogP contribution < -0.4 is 17.2 Å². The Balaban J connectivity index is 2.23. The molecule has 0 bridgehead atoms. The summed E-state index contributed by atoms with van der Waals surface area (Å²) >= 11 is 0. The standard InChI is InChI=1S/C13H20N4O3/c14-6-1-2-9-8-17(13(19)16-12(9)15)11-4-3-10(20-11)5-7-18/h1-2,8,10-11,18H,3-7,14H2,(H2,15,16,19)/b2-1+/t10-,11?/m0/s1. The lowest BCUT2D eigenvalue weighted by Gasteiger charge is -2.16. The molecule has 0 radical (unpaired) electrons. The highest BCUT2D eigenvalue weighted by molar-refractivity contribution is 5.59. The van der Waals surface area contributed by atoms with E-state index in [-0.39, 0.29) is 24.8 Å². The fourth-order valence-corrected chi connectivity index (χ4v) is 2.27. The molecule has 1 saturated heterocycles. The van der Waals surface area contributed by atoms with Crippen molar-refractivity contribution in [1.29, 1.82) is 0 Å². The van der Waals surface area contributed by atoms with Gasteiger partial charge in [0.25, 0.3) is 0 Å². The first-order valence-electron chi connectivity index (χ1n) is 6.67. The Morgan fingerprint density at radius 2 is 2.35 bits per heavy atom. The molecular weight excluding hydrogens is 260 g/mol. The number of nitrogen functional groups attached to an aromatic ring is 1. The molecule has 20 heavy (non-hydrogen) atoms. The molecule has 0 aliphatic carbocycles. The van der Waals surface area contributed by atoms with Crippen LogP contribution in [0.15, 0.2) is 17.1 Å². The molecule has 0 saturated carbocycles.